The van der Waals surface area contributed by atoms with Crippen molar-refractivity contribution >= 4 is 35.8 Å². The lowest BCUT2D eigenvalue weighted by molar-refractivity contribution is -0.132. The SMILES string of the molecule is Cc1cc(-c2ccc(O)c(C[C@H](NC(=O)OC(C)(C)C)C(=O)N[C@@H](C[C@@H](O)CNC(=O)OC(C)(C)C)C(=O)NCC(=O)N[C@@H](C[C@@H](O)CN)C(=O)NCCN)c2)ccc1O. The van der Waals surface area contributed by atoms with Crippen molar-refractivity contribution in [2.24, 2.45) is 11.5 Å². The molecule has 20 nitrogen and oxygen atoms in total. The van der Waals surface area contributed by atoms with Gasteiger partial charge in [0.05, 0.1) is 18.8 Å². The minimum atomic E-state index is -1.61. The number of benzene rings is 2. The first-order valence-electron chi connectivity index (χ1n) is 19.4. The number of aryl methyl sites for hydroxylation is 1. The Morgan fingerprint density at radius 3 is 1.80 bits per heavy atom. The average Bonchev–Trinajstić information content (AvgIpc) is 3.14. The lowest BCUT2D eigenvalue weighted by Crippen LogP contribution is -2.57. The molecule has 0 unspecified atom stereocenters. The molecule has 0 heterocycles. The molecule has 334 valence electrons. The smallest absolute Gasteiger partial charge is 0.408 e. The van der Waals surface area contributed by atoms with Crippen molar-refractivity contribution in [1.82, 2.24) is 31.9 Å². The normalized spacial score (nSPS) is 14.0. The summed E-state index contributed by atoms with van der Waals surface area (Å²) in [6.07, 6.45) is -5.59. The summed E-state index contributed by atoms with van der Waals surface area (Å²) >= 11 is 0. The van der Waals surface area contributed by atoms with Crippen molar-refractivity contribution in [2.45, 2.75) is 109 Å². The van der Waals surface area contributed by atoms with Gasteiger partial charge in [0.2, 0.25) is 23.6 Å². The molecule has 0 saturated heterocycles. The Morgan fingerprint density at radius 1 is 0.667 bits per heavy atom. The van der Waals surface area contributed by atoms with Gasteiger partial charge in [-0.25, -0.2) is 9.59 Å². The summed E-state index contributed by atoms with van der Waals surface area (Å²) in [6, 6.07) is 5.15. The first kappa shape index (κ1) is 50.4. The molecule has 20 heteroatoms. The number of aliphatic hydroxyl groups excluding tert-OH is 2. The molecule has 0 saturated carbocycles. The van der Waals surface area contributed by atoms with Crippen molar-refractivity contribution in [3.8, 4) is 22.6 Å². The van der Waals surface area contributed by atoms with E-state index >= 15 is 0 Å². The predicted molar refractivity (Wildman–Crippen MR) is 220 cm³/mol. The molecule has 0 bridgehead atoms. The highest BCUT2D eigenvalue weighted by atomic mass is 16.6. The van der Waals surface area contributed by atoms with Gasteiger partial charge in [-0.15, -0.1) is 0 Å². The molecule has 2 aromatic carbocycles. The van der Waals surface area contributed by atoms with Gasteiger partial charge in [-0.05, 0) is 95.0 Å². The number of hydrogen-bond acceptors (Lipinski definition) is 14. The van der Waals surface area contributed by atoms with Gasteiger partial charge in [0.15, 0.2) is 0 Å². The number of ether oxygens (including phenoxy) is 2. The summed E-state index contributed by atoms with van der Waals surface area (Å²) in [6.45, 7) is 10.3. The van der Waals surface area contributed by atoms with E-state index in [9.17, 15) is 49.2 Å². The number of aromatic hydroxyl groups is 2. The molecular weight excluding hydrogens is 784 g/mol. The lowest BCUT2D eigenvalue weighted by Gasteiger charge is -2.27. The van der Waals surface area contributed by atoms with Gasteiger partial charge in [-0.2, -0.15) is 0 Å². The summed E-state index contributed by atoms with van der Waals surface area (Å²) in [7, 11) is 0. The maximum absolute atomic E-state index is 14.1. The third-order valence-electron chi connectivity index (χ3n) is 8.36. The lowest BCUT2D eigenvalue weighted by atomic mass is 9.97. The van der Waals surface area contributed by atoms with E-state index in [1.54, 1.807) is 72.7 Å². The Bertz CT molecular complexity index is 1800. The molecule has 0 radical (unpaired) electrons. The Hall–Kier alpha value is -5.70. The minimum absolute atomic E-state index is 0.0817. The maximum atomic E-state index is 14.1. The number of nitrogens with two attached hydrogens (primary N) is 2. The topological polar surface area (TPSA) is 326 Å². The summed E-state index contributed by atoms with van der Waals surface area (Å²) < 4.78 is 10.6. The van der Waals surface area contributed by atoms with E-state index in [4.69, 9.17) is 20.9 Å². The van der Waals surface area contributed by atoms with E-state index in [0.29, 0.717) is 16.7 Å². The molecule has 0 aromatic heterocycles. The zero-order valence-corrected chi connectivity index (χ0v) is 35.2. The number of rotatable bonds is 20. The molecule has 0 aliphatic heterocycles. The highest BCUT2D eigenvalue weighted by Gasteiger charge is 2.32. The molecule has 6 amide bonds. The van der Waals surface area contributed by atoms with Crippen LogP contribution >= 0.6 is 0 Å². The van der Waals surface area contributed by atoms with Crippen LogP contribution in [0.25, 0.3) is 11.1 Å². The van der Waals surface area contributed by atoms with Crippen LogP contribution in [-0.2, 0) is 35.1 Å². The Kier molecular flexibility index (Phi) is 19.5. The van der Waals surface area contributed by atoms with E-state index in [1.807, 2.05) is 0 Å². The molecule has 2 rings (SSSR count). The van der Waals surface area contributed by atoms with E-state index < -0.39 is 96.9 Å². The molecule has 2 aromatic rings. The number of carbonyl (C=O) groups excluding carboxylic acids is 6. The Balaban J connectivity index is 2.43. The van der Waals surface area contributed by atoms with E-state index in [2.05, 4.69) is 31.9 Å². The third-order valence-corrected chi connectivity index (χ3v) is 8.36. The molecule has 60 heavy (non-hydrogen) atoms. The van der Waals surface area contributed by atoms with E-state index in [-0.39, 0.29) is 49.5 Å². The zero-order chi connectivity index (χ0) is 45.4. The van der Waals surface area contributed by atoms with Gasteiger partial charge in [0.1, 0.15) is 40.8 Å². The van der Waals surface area contributed by atoms with Gasteiger partial charge < -0.3 is 73.3 Å². The van der Waals surface area contributed by atoms with Crippen LogP contribution in [0.15, 0.2) is 36.4 Å². The van der Waals surface area contributed by atoms with Crippen LogP contribution in [0.4, 0.5) is 9.59 Å². The van der Waals surface area contributed by atoms with Crippen molar-refractivity contribution in [2.75, 3.05) is 32.7 Å². The highest BCUT2D eigenvalue weighted by molar-refractivity contribution is 5.94. The van der Waals surface area contributed by atoms with Gasteiger partial charge in [-0.1, -0.05) is 12.1 Å². The molecule has 0 aliphatic rings. The maximum Gasteiger partial charge on any atom is 0.408 e. The number of phenolic OH excluding ortho intramolecular Hbond substituents is 2. The number of carbonyl (C=O) groups is 6. The van der Waals surface area contributed by atoms with Crippen molar-refractivity contribution in [3.05, 3.63) is 47.5 Å². The van der Waals surface area contributed by atoms with Crippen LogP contribution in [-0.4, -0.2) is 131 Å². The van der Waals surface area contributed by atoms with E-state index in [1.165, 1.54) is 12.1 Å². The van der Waals surface area contributed by atoms with E-state index in [0.717, 1.165) is 0 Å². The predicted octanol–water partition coefficient (Wildman–Crippen LogP) is -0.345. The number of phenols is 2. The third kappa shape index (κ3) is 18.5. The molecule has 0 aliphatic carbocycles. The highest BCUT2D eigenvalue weighted by Crippen LogP contribution is 2.30. The van der Waals surface area contributed by atoms with Crippen LogP contribution in [0.2, 0.25) is 0 Å². The Labute approximate surface area is 349 Å². The van der Waals surface area contributed by atoms with Crippen LogP contribution in [0.3, 0.4) is 0 Å². The molecule has 5 atom stereocenters. The summed E-state index contributed by atoms with van der Waals surface area (Å²) in [5.74, 6) is -3.60. The number of hydrogen-bond donors (Lipinski definition) is 12. The monoisotopic (exact) mass is 846 g/mol. The standard InChI is InChI=1S/C40H62N8O12/c1-22-14-23(8-10-31(22)51)24-9-11-32(52)25(15-24)16-28(48-38(58)60-40(5,6)7)36(56)47-30(18-27(50)20-45-37(57)59-39(2,3)4)35(55)44-21-33(53)46-29(17-26(49)19-42)34(54)43-13-12-41/h8-11,14-15,26-30,49-52H,12-13,16-21,41-42H2,1-7H3,(H,43,54)(H,44,55)(H,45,57)(H,46,53)(H,47,56)(H,48,58)/t26-,27-,28+,29+,30+/m1/s1. The van der Waals surface area contributed by atoms with Crippen LogP contribution < -0.4 is 43.4 Å². The van der Waals surface area contributed by atoms with Crippen molar-refractivity contribution in [3.63, 3.8) is 0 Å². The van der Waals surface area contributed by atoms with Crippen molar-refractivity contribution < 1.29 is 58.7 Å². The number of amides is 6. The second-order valence-corrected chi connectivity index (χ2v) is 16.1. The fraction of sp³-hybridized carbons (Fsp3) is 0.550. The largest absolute Gasteiger partial charge is 0.508 e. The fourth-order valence-electron chi connectivity index (χ4n) is 5.47. The summed E-state index contributed by atoms with van der Waals surface area (Å²) in [5, 5.41) is 56.5. The summed E-state index contributed by atoms with van der Waals surface area (Å²) in [5.41, 5.74) is 11.2. The van der Waals surface area contributed by atoms with Gasteiger partial charge in [0.25, 0.3) is 0 Å². The number of aliphatic hydroxyl groups is 2. The fourth-order valence-corrected chi connectivity index (χ4v) is 5.47. The molecular formula is C40H62N8O12. The van der Waals surface area contributed by atoms with Gasteiger partial charge >= 0.3 is 12.2 Å². The molecule has 0 spiro atoms. The van der Waals surface area contributed by atoms with Gasteiger partial charge in [-0.3, -0.25) is 19.2 Å². The summed E-state index contributed by atoms with van der Waals surface area (Å²) in [4.78, 5) is 78.7. The number of nitrogens with one attached hydrogen (secondary N) is 6. The Morgan fingerprint density at radius 2 is 1.22 bits per heavy atom. The van der Waals surface area contributed by atoms with Crippen LogP contribution in [0.1, 0.15) is 65.5 Å². The van der Waals surface area contributed by atoms with Crippen LogP contribution in [0.5, 0.6) is 11.5 Å². The number of alkyl carbamates (subject to hydrolysis) is 2. The first-order chi connectivity index (χ1) is 27.9. The quantitative estimate of drug-likeness (QED) is 0.0812. The minimum Gasteiger partial charge on any atom is -0.508 e. The van der Waals surface area contributed by atoms with Gasteiger partial charge in [0, 0.05) is 45.4 Å². The zero-order valence-electron chi connectivity index (χ0n) is 35.2. The molecule has 14 N–H and O–H groups in total. The second kappa shape index (κ2) is 23.2. The molecule has 0 fully saturated rings. The first-order valence-corrected chi connectivity index (χ1v) is 19.4. The van der Waals surface area contributed by atoms with Crippen molar-refractivity contribution in [1.29, 1.82) is 0 Å². The average molecular weight is 847 g/mol. The second-order valence-electron chi connectivity index (χ2n) is 16.1. The van der Waals surface area contributed by atoms with Crippen LogP contribution in [0, 0.1) is 6.92 Å².